The number of hydrogen-bond acceptors (Lipinski definition) is 5. The van der Waals surface area contributed by atoms with E-state index in [2.05, 4.69) is 18.8 Å². The van der Waals surface area contributed by atoms with Crippen LogP contribution in [-0.4, -0.2) is 51.9 Å². The molecule has 0 spiro atoms. The lowest BCUT2D eigenvalue weighted by Gasteiger charge is -2.34. The van der Waals surface area contributed by atoms with E-state index in [1.54, 1.807) is 0 Å². The van der Waals surface area contributed by atoms with Crippen molar-refractivity contribution in [2.45, 2.75) is 32.3 Å². The second kappa shape index (κ2) is 8.33. The van der Waals surface area contributed by atoms with Crippen molar-refractivity contribution < 1.29 is 24.9 Å². The predicted molar refractivity (Wildman–Crippen MR) is 81.0 cm³/mol. The Kier molecular flexibility index (Phi) is 6.78. The van der Waals surface area contributed by atoms with E-state index >= 15 is 0 Å². The second-order valence-electron chi connectivity index (χ2n) is 5.43. The van der Waals surface area contributed by atoms with E-state index in [0.717, 1.165) is 11.5 Å². The maximum absolute atomic E-state index is 11.0. The zero-order chi connectivity index (χ0) is 16.7. The van der Waals surface area contributed by atoms with Crippen LogP contribution < -0.4 is 4.90 Å². The lowest BCUT2D eigenvalue weighted by molar-refractivity contribution is -0.146. The van der Waals surface area contributed by atoms with Gasteiger partial charge in [0.05, 0.1) is 12.0 Å². The van der Waals surface area contributed by atoms with E-state index in [-0.39, 0.29) is 6.47 Å². The average molecular weight is 310 g/mol. The number of piperidine rings is 1. The van der Waals surface area contributed by atoms with Crippen LogP contribution in [0.15, 0.2) is 18.2 Å². The highest BCUT2D eigenvalue weighted by Crippen LogP contribution is 2.24. The van der Waals surface area contributed by atoms with Crippen LogP contribution >= 0.6 is 0 Å². The van der Waals surface area contributed by atoms with Gasteiger partial charge in [-0.3, -0.25) is 9.59 Å². The molecule has 2 heterocycles. The number of aliphatic hydroxyl groups excluding tert-OH is 1. The Morgan fingerprint density at radius 3 is 2.59 bits per heavy atom. The molecule has 1 aliphatic heterocycles. The summed E-state index contributed by atoms with van der Waals surface area (Å²) in [6.45, 7) is 4.85. The van der Waals surface area contributed by atoms with E-state index in [0.29, 0.717) is 25.4 Å². The molecule has 22 heavy (non-hydrogen) atoms. The molecule has 0 aliphatic carbocycles. The number of hydrogen-bond donors (Lipinski definition) is 3. The molecule has 7 heteroatoms. The highest BCUT2D eigenvalue weighted by atomic mass is 16.4. The predicted octanol–water partition coefficient (Wildman–Crippen LogP) is 1.18. The lowest BCUT2D eigenvalue weighted by Crippen LogP contribution is -2.47. The van der Waals surface area contributed by atoms with Crippen LogP contribution in [0.3, 0.4) is 0 Å². The Morgan fingerprint density at radius 2 is 2.09 bits per heavy atom. The van der Waals surface area contributed by atoms with Crippen molar-refractivity contribution in [3.63, 3.8) is 0 Å². The number of carbonyl (C=O) groups is 2. The van der Waals surface area contributed by atoms with Crippen LogP contribution in [0.5, 0.6) is 0 Å². The zero-order valence-electron chi connectivity index (χ0n) is 12.7. The molecule has 0 saturated carbocycles. The van der Waals surface area contributed by atoms with Crippen LogP contribution in [-0.2, 0) is 9.59 Å². The number of β-amino-alcohol motifs (C(OH)–C–C–N with tert-alkyl or cyclic N) is 1. The van der Waals surface area contributed by atoms with Crippen LogP contribution in [0.4, 0.5) is 5.82 Å². The molecule has 1 saturated heterocycles. The van der Waals surface area contributed by atoms with Gasteiger partial charge in [0.2, 0.25) is 0 Å². The summed E-state index contributed by atoms with van der Waals surface area (Å²) in [5.41, 5.74) is 1.01. The first kappa shape index (κ1) is 17.9. The van der Waals surface area contributed by atoms with Crippen molar-refractivity contribution in [3.05, 3.63) is 23.9 Å². The lowest BCUT2D eigenvalue weighted by atomic mass is 9.94. The molecule has 122 valence electrons. The van der Waals surface area contributed by atoms with Crippen LogP contribution in [0, 0.1) is 5.92 Å². The Morgan fingerprint density at radius 1 is 1.45 bits per heavy atom. The fraction of sp³-hybridized carbons (Fsp3) is 0.533. The fourth-order valence-electron chi connectivity index (χ4n) is 2.37. The number of carboxylic acids is 1. The van der Waals surface area contributed by atoms with E-state index in [1.807, 2.05) is 23.1 Å². The first-order valence-corrected chi connectivity index (χ1v) is 7.11. The third kappa shape index (κ3) is 4.70. The summed E-state index contributed by atoms with van der Waals surface area (Å²) in [5.74, 6) is -0.420. The first-order valence-electron chi connectivity index (χ1n) is 7.11. The molecule has 2 rings (SSSR count). The quantitative estimate of drug-likeness (QED) is 0.719. The molecule has 1 aromatic rings. The third-order valence-electron chi connectivity index (χ3n) is 3.57. The van der Waals surface area contributed by atoms with Gasteiger partial charge < -0.3 is 20.2 Å². The summed E-state index contributed by atoms with van der Waals surface area (Å²) < 4.78 is 0. The largest absolute Gasteiger partial charge is 0.483 e. The smallest absolute Gasteiger partial charge is 0.309 e. The molecular weight excluding hydrogens is 288 g/mol. The minimum Gasteiger partial charge on any atom is -0.483 e. The summed E-state index contributed by atoms with van der Waals surface area (Å²) >= 11 is 0. The van der Waals surface area contributed by atoms with Crippen molar-refractivity contribution in [2.24, 2.45) is 5.92 Å². The Balaban J connectivity index is 0.000000745. The van der Waals surface area contributed by atoms with Crippen molar-refractivity contribution in [1.82, 2.24) is 4.98 Å². The van der Waals surface area contributed by atoms with Crippen molar-refractivity contribution in [1.29, 1.82) is 0 Å². The van der Waals surface area contributed by atoms with Gasteiger partial charge in [0.15, 0.2) is 0 Å². The van der Waals surface area contributed by atoms with Gasteiger partial charge in [-0.05, 0) is 24.5 Å². The number of nitrogens with zero attached hydrogens (tertiary/aromatic N) is 2. The number of carboxylic acid groups (broad SMARTS) is 2. The van der Waals surface area contributed by atoms with Gasteiger partial charge in [0.1, 0.15) is 5.82 Å². The molecular formula is C15H22N2O5. The monoisotopic (exact) mass is 310 g/mol. The van der Waals surface area contributed by atoms with E-state index in [4.69, 9.17) is 15.0 Å². The molecule has 0 amide bonds. The Hall–Kier alpha value is -2.15. The first-order chi connectivity index (χ1) is 10.4. The highest BCUT2D eigenvalue weighted by Gasteiger charge is 2.33. The zero-order valence-corrected chi connectivity index (χ0v) is 12.7. The summed E-state index contributed by atoms with van der Waals surface area (Å²) in [5, 5.41) is 25.8. The molecule has 7 nitrogen and oxygen atoms in total. The second-order valence-corrected chi connectivity index (χ2v) is 5.43. The van der Waals surface area contributed by atoms with E-state index in [1.165, 1.54) is 0 Å². The third-order valence-corrected chi connectivity index (χ3v) is 3.57. The number of pyridine rings is 1. The van der Waals surface area contributed by atoms with Crippen molar-refractivity contribution in [2.75, 3.05) is 18.0 Å². The normalized spacial score (nSPS) is 21.0. The minimum atomic E-state index is -0.920. The van der Waals surface area contributed by atoms with E-state index < -0.39 is 18.0 Å². The number of aromatic nitrogens is 1. The topological polar surface area (TPSA) is 111 Å². The van der Waals surface area contributed by atoms with Crippen molar-refractivity contribution >= 4 is 18.3 Å². The number of anilines is 1. The van der Waals surface area contributed by atoms with Gasteiger partial charge >= 0.3 is 5.97 Å². The van der Waals surface area contributed by atoms with E-state index in [9.17, 15) is 9.90 Å². The summed E-state index contributed by atoms with van der Waals surface area (Å²) in [7, 11) is 0. The minimum absolute atomic E-state index is 0.250. The maximum atomic E-state index is 11.0. The molecule has 3 N–H and O–H groups in total. The SMILES string of the molecule is CC(C)c1cccc(N2CC[C@H](C(=O)O)[C@H](O)C2)n1.O=CO. The van der Waals surface area contributed by atoms with Gasteiger partial charge in [0, 0.05) is 18.8 Å². The number of rotatable bonds is 3. The molecule has 1 aromatic heterocycles. The molecule has 0 bridgehead atoms. The maximum Gasteiger partial charge on any atom is 0.309 e. The van der Waals surface area contributed by atoms with Gasteiger partial charge in [-0.2, -0.15) is 0 Å². The number of aliphatic hydroxyl groups is 1. The Labute approximate surface area is 129 Å². The van der Waals surface area contributed by atoms with Gasteiger partial charge in [-0.25, -0.2) is 4.98 Å². The molecule has 0 aromatic carbocycles. The highest BCUT2D eigenvalue weighted by molar-refractivity contribution is 5.71. The van der Waals surface area contributed by atoms with Gasteiger partial charge in [-0.15, -0.1) is 0 Å². The molecule has 1 aliphatic rings. The molecule has 2 atom stereocenters. The van der Waals surface area contributed by atoms with Gasteiger partial charge in [-0.1, -0.05) is 19.9 Å². The summed E-state index contributed by atoms with van der Waals surface area (Å²) in [6, 6.07) is 5.83. The summed E-state index contributed by atoms with van der Waals surface area (Å²) in [6.07, 6.45) is -0.389. The van der Waals surface area contributed by atoms with Crippen LogP contribution in [0.2, 0.25) is 0 Å². The van der Waals surface area contributed by atoms with Crippen LogP contribution in [0.25, 0.3) is 0 Å². The van der Waals surface area contributed by atoms with Gasteiger partial charge in [0.25, 0.3) is 6.47 Å². The van der Waals surface area contributed by atoms with Crippen LogP contribution in [0.1, 0.15) is 31.9 Å². The Bertz CT molecular complexity index is 506. The molecule has 0 unspecified atom stereocenters. The summed E-state index contributed by atoms with van der Waals surface area (Å²) in [4.78, 5) is 25.8. The fourth-order valence-corrected chi connectivity index (χ4v) is 2.37. The standard InChI is InChI=1S/C14H20N2O3.CH2O2/c1-9(2)11-4-3-5-13(15-11)16-7-6-10(14(18)19)12(17)8-16;2-1-3/h3-5,9-10,12,17H,6-8H2,1-2H3,(H,18,19);1H,(H,2,3)/t10-,12+;/m0./s1. The number of aliphatic carboxylic acids is 1. The van der Waals surface area contributed by atoms with Crippen molar-refractivity contribution in [3.8, 4) is 0 Å². The molecule has 1 fully saturated rings. The average Bonchev–Trinajstić information content (AvgIpc) is 2.47. The molecule has 0 radical (unpaired) electrons.